The molecule has 0 fully saturated rings. The fourth-order valence-corrected chi connectivity index (χ4v) is 3.84. The molecule has 0 radical (unpaired) electrons. The molecule has 30 heavy (non-hydrogen) atoms. The quantitative estimate of drug-likeness (QED) is 0.384. The van der Waals surface area contributed by atoms with Crippen LogP contribution in [0, 0.1) is 12.7 Å². The van der Waals surface area contributed by atoms with Crippen LogP contribution in [0.2, 0.25) is 5.02 Å². The Morgan fingerprint density at radius 2 is 2.03 bits per heavy atom. The minimum atomic E-state index is -0.286. The van der Waals surface area contributed by atoms with Crippen molar-refractivity contribution in [2.75, 3.05) is 5.32 Å². The van der Waals surface area contributed by atoms with Crippen LogP contribution in [-0.2, 0) is 11.2 Å². The van der Waals surface area contributed by atoms with Gasteiger partial charge in [0.1, 0.15) is 5.82 Å². The number of aromatic amines is 1. The van der Waals surface area contributed by atoms with E-state index in [0.29, 0.717) is 24.3 Å². The lowest BCUT2D eigenvalue weighted by atomic mass is 10.0. The number of H-pyrrole nitrogens is 1. The Kier molecular flexibility index (Phi) is 5.81. The van der Waals surface area contributed by atoms with Crippen LogP contribution >= 0.6 is 11.6 Å². The van der Waals surface area contributed by atoms with Crippen molar-refractivity contribution in [1.82, 2.24) is 9.97 Å². The first kappa shape index (κ1) is 20.1. The Morgan fingerprint density at radius 1 is 1.17 bits per heavy atom. The van der Waals surface area contributed by atoms with Crippen molar-refractivity contribution >= 4 is 34.1 Å². The summed E-state index contributed by atoms with van der Waals surface area (Å²) < 4.78 is 13.9. The van der Waals surface area contributed by atoms with Gasteiger partial charge in [-0.2, -0.15) is 0 Å². The van der Waals surface area contributed by atoms with Gasteiger partial charge in [-0.05, 0) is 79.4 Å². The molecular weight excluding hydrogens is 401 g/mol. The van der Waals surface area contributed by atoms with Crippen LogP contribution < -0.4 is 5.32 Å². The number of amides is 1. The summed E-state index contributed by atoms with van der Waals surface area (Å²) in [6.07, 6.45) is 3.34. The zero-order valence-corrected chi connectivity index (χ0v) is 17.3. The van der Waals surface area contributed by atoms with E-state index in [1.165, 1.54) is 12.1 Å². The number of hydrogen-bond acceptors (Lipinski definition) is 2. The number of rotatable bonds is 6. The SMILES string of the molecule is Cc1cc(Cl)ccc1NC(=O)CCCc1c(-c2ccccn2)[nH]c2ccc(F)cc12. The van der Waals surface area contributed by atoms with Crippen LogP contribution in [0.25, 0.3) is 22.3 Å². The zero-order chi connectivity index (χ0) is 21.1. The van der Waals surface area contributed by atoms with Crippen molar-refractivity contribution in [2.24, 2.45) is 0 Å². The third-order valence-corrected chi connectivity index (χ3v) is 5.32. The Hall–Kier alpha value is -3.18. The first-order chi connectivity index (χ1) is 14.5. The second kappa shape index (κ2) is 8.67. The second-order valence-corrected chi connectivity index (χ2v) is 7.68. The van der Waals surface area contributed by atoms with Gasteiger partial charge in [0.25, 0.3) is 0 Å². The molecule has 1 amide bonds. The number of pyridine rings is 1. The van der Waals surface area contributed by atoms with Crippen LogP contribution in [0.4, 0.5) is 10.1 Å². The molecule has 4 rings (SSSR count). The molecule has 0 aliphatic rings. The number of anilines is 1. The fourth-order valence-electron chi connectivity index (χ4n) is 3.61. The van der Waals surface area contributed by atoms with Gasteiger partial charge < -0.3 is 10.3 Å². The van der Waals surface area contributed by atoms with Gasteiger partial charge in [-0.3, -0.25) is 9.78 Å². The highest BCUT2D eigenvalue weighted by Crippen LogP contribution is 2.31. The predicted octanol–water partition coefficient (Wildman–Crippen LogP) is 6.29. The normalized spacial score (nSPS) is 11.0. The Balaban J connectivity index is 1.52. The lowest BCUT2D eigenvalue weighted by molar-refractivity contribution is -0.116. The van der Waals surface area contributed by atoms with Crippen LogP contribution in [0.5, 0.6) is 0 Å². The predicted molar refractivity (Wildman–Crippen MR) is 119 cm³/mol. The van der Waals surface area contributed by atoms with Crippen molar-refractivity contribution in [1.29, 1.82) is 0 Å². The van der Waals surface area contributed by atoms with Crippen LogP contribution in [0.15, 0.2) is 60.8 Å². The molecule has 2 aromatic carbocycles. The molecule has 0 saturated carbocycles. The van der Waals surface area contributed by atoms with Gasteiger partial charge in [0.05, 0.1) is 11.4 Å². The maximum absolute atomic E-state index is 13.9. The average Bonchev–Trinajstić information content (AvgIpc) is 3.08. The van der Waals surface area contributed by atoms with E-state index in [1.54, 1.807) is 24.4 Å². The monoisotopic (exact) mass is 421 g/mol. The lowest BCUT2D eigenvalue weighted by Crippen LogP contribution is -2.12. The lowest BCUT2D eigenvalue weighted by Gasteiger charge is -2.09. The van der Waals surface area contributed by atoms with E-state index in [1.807, 2.05) is 31.2 Å². The van der Waals surface area contributed by atoms with E-state index in [-0.39, 0.29) is 11.7 Å². The van der Waals surface area contributed by atoms with Gasteiger partial charge in [-0.25, -0.2) is 4.39 Å². The van der Waals surface area contributed by atoms with E-state index in [9.17, 15) is 9.18 Å². The topological polar surface area (TPSA) is 57.8 Å². The molecule has 0 saturated heterocycles. The molecule has 0 bridgehead atoms. The summed E-state index contributed by atoms with van der Waals surface area (Å²) in [4.78, 5) is 20.2. The molecule has 2 aromatic heterocycles. The number of fused-ring (bicyclic) bond motifs is 1. The Labute approximate surface area is 179 Å². The van der Waals surface area contributed by atoms with Crippen molar-refractivity contribution in [3.05, 3.63) is 82.8 Å². The highest BCUT2D eigenvalue weighted by atomic mass is 35.5. The number of carbonyl (C=O) groups is 1. The van der Waals surface area contributed by atoms with E-state index in [2.05, 4.69) is 15.3 Å². The maximum Gasteiger partial charge on any atom is 0.224 e. The van der Waals surface area contributed by atoms with Gasteiger partial charge in [0.2, 0.25) is 5.91 Å². The minimum Gasteiger partial charge on any atom is -0.353 e. The van der Waals surface area contributed by atoms with Crippen LogP contribution in [-0.4, -0.2) is 15.9 Å². The first-order valence-corrected chi connectivity index (χ1v) is 10.2. The van der Waals surface area contributed by atoms with Gasteiger partial charge in [0.15, 0.2) is 0 Å². The molecule has 4 aromatic rings. The largest absolute Gasteiger partial charge is 0.353 e. The third kappa shape index (κ3) is 4.36. The first-order valence-electron chi connectivity index (χ1n) is 9.79. The van der Waals surface area contributed by atoms with Crippen molar-refractivity contribution in [2.45, 2.75) is 26.2 Å². The molecular formula is C24H21ClFN3O. The molecule has 4 nitrogen and oxygen atoms in total. The molecule has 2 N–H and O–H groups in total. The number of aryl methyl sites for hydroxylation is 2. The summed E-state index contributed by atoms with van der Waals surface area (Å²) in [6.45, 7) is 1.90. The minimum absolute atomic E-state index is 0.0640. The summed E-state index contributed by atoms with van der Waals surface area (Å²) in [5.74, 6) is -0.350. The number of nitrogens with zero attached hydrogens (tertiary/aromatic N) is 1. The van der Waals surface area contributed by atoms with Crippen molar-refractivity contribution in [3.63, 3.8) is 0 Å². The maximum atomic E-state index is 13.9. The zero-order valence-electron chi connectivity index (χ0n) is 16.5. The fraction of sp³-hybridized carbons (Fsp3) is 0.167. The summed E-state index contributed by atoms with van der Waals surface area (Å²) in [7, 11) is 0. The molecule has 0 aliphatic carbocycles. The number of carbonyl (C=O) groups excluding carboxylic acids is 1. The third-order valence-electron chi connectivity index (χ3n) is 5.08. The average molecular weight is 422 g/mol. The van der Waals surface area contributed by atoms with Crippen LogP contribution in [0.3, 0.4) is 0 Å². The van der Waals surface area contributed by atoms with Gasteiger partial charge in [0, 0.05) is 34.2 Å². The molecule has 0 aliphatic heterocycles. The highest BCUT2D eigenvalue weighted by molar-refractivity contribution is 6.30. The van der Waals surface area contributed by atoms with E-state index >= 15 is 0 Å². The number of nitrogens with one attached hydrogen (secondary N) is 2. The molecule has 0 unspecified atom stereocenters. The number of benzene rings is 2. The summed E-state index contributed by atoms with van der Waals surface area (Å²) >= 11 is 5.97. The number of hydrogen-bond donors (Lipinski definition) is 2. The van der Waals surface area contributed by atoms with E-state index < -0.39 is 0 Å². The van der Waals surface area contributed by atoms with Crippen LogP contribution in [0.1, 0.15) is 24.0 Å². The van der Waals surface area contributed by atoms with E-state index in [4.69, 9.17) is 11.6 Å². The van der Waals surface area contributed by atoms with Gasteiger partial charge >= 0.3 is 0 Å². The Bertz CT molecular complexity index is 1200. The van der Waals surface area contributed by atoms with Crippen molar-refractivity contribution < 1.29 is 9.18 Å². The molecule has 0 atom stereocenters. The van der Waals surface area contributed by atoms with E-state index in [0.717, 1.165) is 39.1 Å². The van der Waals surface area contributed by atoms with Gasteiger partial charge in [-0.15, -0.1) is 0 Å². The summed E-state index contributed by atoms with van der Waals surface area (Å²) in [5.41, 5.74) is 5.16. The Morgan fingerprint density at radius 3 is 2.80 bits per heavy atom. The molecule has 2 heterocycles. The van der Waals surface area contributed by atoms with Crippen molar-refractivity contribution in [3.8, 4) is 11.4 Å². The summed E-state index contributed by atoms with van der Waals surface area (Å²) in [6, 6.07) is 15.8. The second-order valence-electron chi connectivity index (χ2n) is 7.24. The smallest absolute Gasteiger partial charge is 0.224 e. The van der Waals surface area contributed by atoms with Gasteiger partial charge in [-0.1, -0.05) is 17.7 Å². The molecule has 6 heteroatoms. The highest BCUT2D eigenvalue weighted by Gasteiger charge is 2.15. The summed E-state index contributed by atoms with van der Waals surface area (Å²) in [5, 5.41) is 4.39. The molecule has 152 valence electrons. The molecule has 0 spiro atoms. The standard InChI is InChI=1S/C24H21ClFN3O/c1-15-13-16(25)8-10-20(15)28-23(30)7-4-5-18-19-14-17(26)9-11-21(19)29-24(18)22-6-2-3-12-27-22/h2-3,6,8-14,29H,4-5,7H2,1H3,(H,28,30). The number of halogens is 2. The number of aromatic nitrogens is 2.